The first-order valence-electron chi connectivity index (χ1n) is 7.61. The predicted molar refractivity (Wildman–Crippen MR) is 89.0 cm³/mol. The Bertz CT molecular complexity index is 685. The number of carbonyl (C=O) groups excluding carboxylic acids is 2. The zero-order valence-electron chi connectivity index (χ0n) is 12.9. The highest BCUT2D eigenvalue weighted by Gasteiger charge is 2.30. The van der Waals surface area contributed by atoms with E-state index in [0.29, 0.717) is 13.0 Å². The van der Waals surface area contributed by atoms with Crippen LogP contribution < -0.4 is 5.32 Å². The van der Waals surface area contributed by atoms with Gasteiger partial charge in [-0.15, -0.1) is 5.10 Å². The minimum absolute atomic E-state index is 0.0452. The minimum Gasteiger partial charge on any atom is -0.331 e. The summed E-state index contributed by atoms with van der Waals surface area (Å²) in [6.45, 7) is 2.17. The van der Waals surface area contributed by atoms with Gasteiger partial charge in [-0.1, -0.05) is 16.6 Å². The molecule has 23 heavy (non-hydrogen) atoms. The highest BCUT2D eigenvalue weighted by molar-refractivity contribution is 7.03. The van der Waals surface area contributed by atoms with Gasteiger partial charge in [0.15, 0.2) is 0 Å². The Labute approximate surface area is 138 Å². The van der Waals surface area contributed by atoms with Gasteiger partial charge in [-0.05, 0) is 42.9 Å². The molecule has 2 amide bonds. The van der Waals surface area contributed by atoms with Crippen LogP contribution in [0.1, 0.15) is 26.2 Å². The summed E-state index contributed by atoms with van der Waals surface area (Å²) in [6, 6.07) is 7.11. The molecule has 1 saturated heterocycles. The highest BCUT2D eigenvalue weighted by atomic mass is 32.1. The van der Waals surface area contributed by atoms with Gasteiger partial charge in [0, 0.05) is 30.1 Å². The van der Waals surface area contributed by atoms with E-state index in [-0.39, 0.29) is 17.9 Å². The third kappa shape index (κ3) is 3.56. The van der Waals surface area contributed by atoms with Gasteiger partial charge < -0.3 is 10.2 Å². The van der Waals surface area contributed by atoms with Crippen LogP contribution in [0.15, 0.2) is 29.6 Å². The molecular formula is C16H18N4O2S. The number of hydrogen-bond acceptors (Lipinski definition) is 5. The van der Waals surface area contributed by atoms with Crippen molar-refractivity contribution < 1.29 is 9.59 Å². The Hall–Kier alpha value is -2.28. The molecule has 3 rings (SSSR count). The zero-order chi connectivity index (χ0) is 16.2. The van der Waals surface area contributed by atoms with Crippen molar-refractivity contribution in [2.24, 2.45) is 0 Å². The number of likely N-dealkylation sites (tertiary alicyclic amines) is 1. The van der Waals surface area contributed by atoms with E-state index in [1.54, 1.807) is 4.90 Å². The monoisotopic (exact) mass is 330 g/mol. The maximum Gasteiger partial charge on any atom is 0.247 e. The Morgan fingerprint density at radius 2 is 2.04 bits per heavy atom. The summed E-state index contributed by atoms with van der Waals surface area (Å²) in [7, 11) is 0. The molecule has 1 aliphatic rings. The number of rotatable bonds is 3. The number of anilines is 1. The molecule has 2 heterocycles. The Morgan fingerprint density at radius 3 is 2.70 bits per heavy atom. The first-order valence-corrected chi connectivity index (χ1v) is 8.44. The van der Waals surface area contributed by atoms with Crippen molar-refractivity contribution >= 4 is 29.0 Å². The fraction of sp³-hybridized carbons (Fsp3) is 0.375. The van der Waals surface area contributed by atoms with Crippen molar-refractivity contribution in [1.82, 2.24) is 14.5 Å². The van der Waals surface area contributed by atoms with Gasteiger partial charge >= 0.3 is 0 Å². The first kappa shape index (κ1) is 15.6. The van der Waals surface area contributed by atoms with E-state index in [2.05, 4.69) is 14.9 Å². The van der Waals surface area contributed by atoms with Gasteiger partial charge in [0.25, 0.3) is 0 Å². The maximum atomic E-state index is 12.5. The fourth-order valence-corrected chi connectivity index (χ4v) is 3.29. The molecule has 120 valence electrons. The summed E-state index contributed by atoms with van der Waals surface area (Å²) in [6.07, 6.45) is 2.64. The summed E-state index contributed by atoms with van der Waals surface area (Å²) in [4.78, 5) is 25.8. The smallest absolute Gasteiger partial charge is 0.247 e. The molecule has 1 atom stereocenters. The number of aromatic nitrogens is 2. The number of nitrogens with one attached hydrogen (secondary N) is 1. The molecule has 1 N–H and O–H groups in total. The Morgan fingerprint density at radius 1 is 1.26 bits per heavy atom. The van der Waals surface area contributed by atoms with Gasteiger partial charge in [-0.3, -0.25) is 9.59 Å². The number of amides is 2. The van der Waals surface area contributed by atoms with Crippen molar-refractivity contribution in [2.75, 3.05) is 11.9 Å². The van der Waals surface area contributed by atoms with Crippen molar-refractivity contribution in [3.05, 3.63) is 29.6 Å². The van der Waals surface area contributed by atoms with Crippen molar-refractivity contribution in [3.63, 3.8) is 0 Å². The number of nitrogens with zero attached hydrogens (tertiary/aromatic N) is 3. The third-order valence-corrected chi connectivity index (χ3v) is 4.52. The van der Waals surface area contributed by atoms with Crippen LogP contribution in [-0.2, 0) is 9.59 Å². The van der Waals surface area contributed by atoms with E-state index in [9.17, 15) is 9.59 Å². The lowest BCUT2D eigenvalue weighted by Crippen LogP contribution is -2.49. The van der Waals surface area contributed by atoms with Gasteiger partial charge in [-0.2, -0.15) is 0 Å². The second kappa shape index (κ2) is 6.87. The van der Waals surface area contributed by atoms with Crippen LogP contribution in [0.3, 0.4) is 0 Å². The lowest BCUT2D eigenvalue weighted by Gasteiger charge is -2.33. The topological polar surface area (TPSA) is 75.2 Å². The first-order chi connectivity index (χ1) is 11.1. The van der Waals surface area contributed by atoms with Crippen molar-refractivity contribution in [1.29, 1.82) is 0 Å². The van der Waals surface area contributed by atoms with Gasteiger partial charge in [0.1, 0.15) is 11.7 Å². The van der Waals surface area contributed by atoms with E-state index in [1.807, 2.05) is 29.6 Å². The minimum atomic E-state index is -0.372. The van der Waals surface area contributed by atoms with Crippen LogP contribution in [0.5, 0.6) is 0 Å². The molecule has 0 aliphatic carbocycles. The molecule has 6 nitrogen and oxygen atoms in total. The lowest BCUT2D eigenvalue weighted by molar-refractivity contribution is -0.138. The maximum absolute atomic E-state index is 12.5. The predicted octanol–water partition coefficient (Wildman–Crippen LogP) is 2.54. The molecule has 0 unspecified atom stereocenters. The SMILES string of the molecule is CC(=O)N1CCCC[C@H]1C(=O)Nc1ccc(-c2csnn2)cc1. The number of hydrogen-bond donors (Lipinski definition) is 1. The van der Waals surface area contributed by atoms with Crippen LogP contribution >= 0.6 is 11.5 Å². The lowest BCUT2D eigenvalue weighted by atomic mass is 10.0. The normalized spacial score (nSPS) is 17.8. The van der Waals surface area contributed by atoms with Crippen LogP contribution in [0, 0.1) is 0 Å². The van der Waals surface area contributed by atoms with Crippen LogP contribution in [-0.4, -0.2) is 38.9 Å². The fourth-order valence-electron chi connectivity index (χ4n) is 2.82. The average Bonchev–Trinajstić information content (AvgIpc) is 3.10. The van der Waals surface area contributed by atoms with E-state index in [4.69, 9.17) is 0 Å². The highest BCUT2D eigenvalue weighted by Crippen LogP contribution is 2.22. The molecule has 2 aromatic rings. The third-order valence-electron chi connectivity index (χ3n) is 4.02. The molecule has 1 aromatic carbocycles. The molecule has 0 bridgehead atoms. The molecule has 0 radical (unpaired) electrons. The Balaban J connectivity index is 1.68. The van der Waals surface area contributed by atoms with Crippen LogP contribution in [0.2, 0.25) is 0 Å². The van der Waals surface area contributed by atoms with Crippen molar-refractivity contribution in [3.8, 4) is 11.3 Å². The summed E-state index contributed by atoms with van der Waals surface area (Å²) in [5, 5.41) is 8.79. The second-order valence-electron chi connectivity index (χ2n) is 5.58. The largest absolute Gasteiger partial charge is 0.331 e. The van der Waals surface area contributed by atoms with Crippen molar-refractivity contribution in [2.45, 2.75) is 32.2 Å². The summed E-state index contributed by atoms with van der Waals surface area (Å²) in [5.74, 6) is -0.167. The van der Waals surface area contributed by atoms with E-state index >= 15 is 0 Å². The Kier molecular flexibility index (Phi) is 4.66. The van der Waals surface area contributed by atoms with E-state index in [1.165, 1.54) is 18.5 Å². The van der Waals surface area contributed by atoms with E-state index < -0.39 is 0 Å². The average molecular weight is 330 g/mol. The molecule has 1 fully saturated rings. The molecule has 0 spiro atoms. The van der Waals surface area contributed by atoms with Gasteiger partial charge in [-0.25, -0.2) is 0 Å². The zero-order valence-corrected chi connectivity index (χ0v) is 13.7. The van der Waals surface area contributed by atoms with Crippen LogP contribution in [0.4, 0.5) is 5.69 Å². The van der Waals surface area contributed by atoms with Gasteiger partial charge in [0.05, 0.1) is 0 Å². The summed E-state index contributed by atoms with van der Waals surface area (Å²) in [5.41, 5.74) is 2.50. The van der Waals surface area contributed by atoms with Gasteiger partial charge in [0.2, 0.25) is 11.8 Å². The number of benzene rings is 1. The van der Waals surface area contributed by atoms with Crippen LogP contribution in [0.25, 0.3) is 11.3 Å². The molecule has 0 saturated carbocycles. The standard InChI is InChI=1S/C16H18N4O2S/c1-11(21)20-9-3-2-4-15(20)16(22)17-13-7-5-12(6-8-13)14-10-23-19-18-14/h5-8,10,15H,2-4,9H2,1H3,(H,17,22)/t15-/m0/s1. The number of carbonyl (C=O) groups is 2. The molecular weight excluding hydrogens is 312 g/mol. The van der Waals surface area contributed by atoms with E-state index in [0.717, 1.165) is 29.8 Å². The quantitative estimate of drug-likeness (QED) is 0.938. The summed E-state index contributed by atoms with van der Waals surface area (Å²) < 4.78 is 3.84. The molecule has 1 aliphatic heterocycles. The number of piperidine rings is 1. The molecule has 7 heteroatoms. The summed E-state index contributed by atoms with van der Waals surface area (Å²) >= 11 is 1.30. The molecule has 1 aromatic heterocycles. The second-order valence-corrected chi connectivity index (χ2v) is 6.19.